The highest BCUT2D eigenvalue weighted by Crippen LogP contribution is 2.58. The lowest BCUT2D eigenvalue weighted by Crippen LogP contribution is -2.10. The van der Waals surface area contributed by atoms with Crippen molar-refractivity contribution in [3.8, 4) is 33.8 Å². The Balaban J connectivity index is 1.14. The third-order valence-corrected chi connectivity index (χ3v) is 15.7. The molecule has 0 atom stereocenters. The summed E-state index contributed by atoms with van der Waals surface area (Å²) in [6.45, 7) is 14.3. The van der Waals surface area contributed by atoms with Gasteiger partial charge in [0.1, 0.15) is 11.5 Å². The van der Waals surface area contributed by atoms with Crippen LogP contribution in [0.3, 0.4) is 0 Å². The molecule has 0 aliphatic rings. The number of ether oxygens (including phenoxy) is 2. The van der Waals surface area contributed by atoms with Gasteiger partial charge in [-0.3, -0.25) is 0 Å². The second-order valence-electron chi connectivity index (χ2n) is 20.7. The third-order valence-electron chi connectivity index (χ3n) is 15.7. The van der Waals surface area contributed by atoms with Crippen LogP contribution < -0.4 is 19.3 Å². The number of nitrogens with zero attached hydrogens (tertiary/aromatic N) is 2. The zero-order valence-corrected chi connectivity index (χ0v) is 44.1. The van der Waals surface area contributed by atoms with Crippen LogP contribution in [0.15, 0.2) is 218 Å². The van der Waals surface area contributed by atoms with E-state index in [9.17, 15) is 0 Å². The van der Waals surface area contributed by atoms with E-state index >= 15 is 0 Å². The van der Waals surface area contributed by atoms with Gasteiger partial charge in [0.2, 0.25) is 0 Å². The summed E-state index contributed by atoms with van der Waals surface area (Å²) in [7, 11) is 0. The SMILES string of the molecule is CCOc1ccc(N(c2ccc(C(C)C)cc2)c2ccc3c4c(-c5ccccc5)c5c6ccc(N(c7ccc(OCC)cc7)c7ccc(C(C)C)cc7)c7cccc(c5c(-c5ccccc5)c4c4cccc2c43)c76)cc1. The van der Waals surface area contributed by atoms with E-state index in [0.717, 1.165) is 45.6 Å². The number of fused-ring (bicyclic) bond motifs is 6. The van der Waals surface area contributed by atoms with Gasteiger partial charge < -0.3 is 19.3 Å². The maximum atomic E-state index is 5.96. The topological polar surface area (TPSA) is 24.9 Å². The lowest BCUT2D eigenvalue weighted by atomic mass is 9.87. The van der Waals surface area contributed by atoms with Crippen LogP contribution in [0.4, 0.5) is 34.1 Å². The lowest BCUT2D eigenvalue weighted by molar-refractivity contribution is 0.340. The van der Waals surface area contributed by atoms with Gasteiger partial charge in [0, 0.05) is 33.5 Å². The van der Waals surface area contributed by atoms with Gasteiger partial charge in [-0.05, 0) is 198 Å². The molecule has 13 aromatic carbocycles. The zero-order chi connectivity index (χ0) is 51.6. The van der Waals surface area contributed by atoms with Crippen LogP contribution in [0.25, 0.3) is 86.9 Å². The van der Waals surface area contributed by atoms with Crippen molar-refractivity contribution in [3.05, 3.63) is 230 Å². The standard InChI is InChI=1S/C72H60N2O2/c1-7-75-55-37-33-53(34-38-55)73(51-29-25-47(26-30-51)45(3)4)63-43-41-61-67-57(63)21-15-23-59(67)69-65(49-17-11-9-12-18-49)70-60-24-16-22-58-64(44-42-62(68(58)60)72(70)66(71(61)69)50-19-13-10-14-20-50)74(52-31-27-48(28-32-52)46(5)6)54-35-39-56(40-36-54)76-8-2/h9-46H,7-8H2,1-6H3. The molecule has 0 spiro atoms. The third kappa shape index (κ3) is 7.65. The average molecular weight is 985 g/mol. The maximum absolute atomic E-state index is 5.96. The summed E-state index contributed by atoms with van der Waals surface area (Å²) in [6.07, 6.45) is 0. The van der Waals surface area contributed by atoms with Crippen LogP contribution in [-0.4, -0.2) is 13.2 Å². The number of rotatable bonds is 14. The maximum Gasteiger partial charge on any atom is 0.119 e. The Morgan fingerprint density at radius 1 is 0.303 bits per heavy atom. The molecule has 0 fully saturated rings. The van der Waals surface area contributed by atoms with Gasteiger partial charge in [-0.15, -0.1) is 0 Å². The molecule has 0 aromatic heterocycles. The first-order valence-corrected chi connectivity index (χ1v) is 27.0. The van der Waals surface area contributed by atoms with E-state index in [1.807, 2.05) is 13.8 Å². The van der Waals surface area contributed by atoms with Crippen molar-refractivity contribution >= 4 is 98.8 Å². The van der Waals surface area contributed by atoms with Crippen molar-refractivity contribution in [3.63, 3.8) is 0 Å². The molecule has 0 saturated heterocycles. The van der Waals surface area contributed by atoms with Gasteiger partial charge >= 0.3 is 0 Å². The predicted octanol–water partition coefficient (Wildman–Crippen LogP) is 20.8. The highest BCUT2D eigenvalue weighted by atomic mass is 16.5. The van der Waals surface area contributed by atoms with Crippen molar-refractivity contribution in [2.24, 2.45) is 0 Å². The van der Waals surface area contributed by atoms with Crippen LogP contribution in [0.5, 0.6) is 11.5 Å². The molecule has 0 bridgehead atoms. The molecule has 0 radical (unpaired) electrons. The summed E-state index contributed by atoms with van der Waals surface area (Å²) in [5, 5.41) is 15.1. The van der Waals surface area contributed by atoms with Crippen molar-refractivity contribution < 1.29 is 9.47 Å². The molecule has 76 heavy (non-hydrogen) atoms. The molecule has 4 heteroatoms. The smallest absolute Gasteiger partial charge is 0.119 e. The van der Waals surface area contributed by atoms with E-state index in [4.69, 9.17) is 9.47 Å². The zero-order valence-electron chi connectivity index (χ0n) is 44.1. The van der Waals surface area contributed by atoms with E-state index < -0.39 is 0 Å². The second kappa shape index (κ2) is 19.1. The lowest BCUT2D eigenvalue weighted by Gasteiger charge is -2.27. The minimum Gasteiger partial charge on any atom is -0.494 e. The van der Waals surface area contributed by atoms with Crippen LogP contribution in [0.1, 0.15) is 64.5 Å². The summed E-state index contributed by atoms with van der Waals surface area (Å²) in [6, 6.07) is 81.1. The molecule has 13 rings (SSSR count). The van der Waals surface area contributed by atoms with E-state index in [0.29, 0.717) is 25.0 Å². The average Bonchev–Trinajstić information content (AvgIpc) is 4.20. The van der Waals surface area contributed by atoms with Gasteiger partial charge in [0.25, 0.3) is 0 Å². The van der Waals surface area contributed by atoms with E-state index in [1.54, 1.807) is 0 Å². The van der Waals surface area contributed by atoms with E-state index in [1.165, 1.54) is 98.0 Å². The number of hydrogen-bond donors (Lipinski definition) is 0. The summed E-state index contributed by atoms with van der Waals surface area (Å²) in [4.78, 5) is 4.84. The molecule has 0 aliphatic carbocycles. The number of anilines is 6. The van der Waals surface area contributed by atoms with Crippen LogP contribution in [-0.2, 0) is 0 Å². The van der Waals surface area contributed by atoms with Crippen molar-refractivity contribution in [1.82, 2.24) is 0 Å². The highest BCUT2D eigenvalue weighted by molar-refractivity contribution is 6.47. The fourth-order valence-corrected chi connectivity index (χ4v) is 12.2. The largest absolute Gasteiger partial charge is 0.494 e. The molecule has 0 saturated carbocycles. The summed E-state index contributed by atoms with van der Waals surface area (Å²) in [5.74, 6) is 2.58. The fourth-order valence-electron chi connectivity index (χ4n) is 12.2. The molecule has 0 heterocycles. The minimum absolute atomic E-state index is 0.426. The fraction of sp³-hybridized carbons (Fsp3) is 0.139. The van der Waals surface area contributed by atoms with E-state index in [-0.39, 0.29) is 0 Å². The first-order valence-electron chi connectivity index (χ1n) is 27.0. The quantitative estimate of drug-likeness (QED) is 0.108. The second-order valence-corrected chi connectivity index (χ2v) is 20.7. The molecule has 370 valence electrons. The van der Waals surface area contributed by atoms with Gasteiger partial charge in [-0.2, -0.15) is 0 Å². The van der Waals surface area contributed by atoms with Crippen molar-refractivity contribution in [1.29, 1.82) is 0 Å². The minimum atomic E-state index is 0.426. The van der Waals surface area contributed by atoms with Crippen LogP contribution >= 0.6 is 0 Å². The van der Waals surface area contributed by atoms with Gasteiger partial charge in [-0.1, -0.05) is 161 Å². The predicted molar refractivity (Wildman–Crippen MR) is 325 cm³/mol. The molecule has 13 aromatic rings. The monoisotopic (exact) mass is 984 g/mol. The Morgan fingerprint density at radius 2 is 0.618 bits per heavy atom. The molecule has 4 nitrogen and oxygen atoms in total. The Morgan fingerprint density at radius 3 is 0.947 bits per heavy atom. The van der Waals surface area contributed by atoms with Crippen molar-refractivity contribution in [2.75, 3.05) is 23.0 Å². The van der Waals surface area contributed by atoms with E-state index in [2.05, 4.69) is 256 Å². The molecule has 0 aliphatic heterocycles. The summed E-state index contributed by atoms with van der Waals surface area (Å²) < 4.78 is 11.9. The van der Waals surface area contributed by atoms with Gasteiger partial charge in [0.15, 0.2) is 0 Å². The Kier molecular flexibility index (Phi) is 11.8. The van der Waals surface area contributed by atoms with Gasteiger partial charge in [-0.25, -0.2) is 0 Å². The first kappa shape index (κ1) is 46.9. The van der Waals surface area contributed by atoms with Crippen molar-refractivity contribution in [2.45, 2.75) is 53.4 Å². The Bertz CT molecular complexity index is 3870. The Labute approximate surface area is 445 Å². The Hall–Kier alpha value is -8.86. The summed E-state index contributed by atoms with van der Waals surface area (Å²) in [5.41, 5.74) is 14.2. The first-order chi connectivity index (χ1) is 37.3. The molecule has 0 unspecified atom stereocenters. The van der Waals surface area contributed by atoms with Crippen LogP contribution in [0.2, 0.25) is 0 Å². The van der Waals surface area contributed by atoms with Gasteiger partial charge in [0.05, 0.1) is 24.6 Å². The normalized spacial score (nSPS) is 11.9. The number of benzene rings is 11. The number of hydrogen-bond acceptors (Lipinski definition) is 4. The van der Waals surface area contributed by atoms with Crippen LogP contribution in [0, 0.1) is 0 Å². The molecular formula is C72H60N2O2. The molecular weight excluding hydrogens is 925 g/mol. The molecule has 0 N–H and O–H groups in total. The molecule has 0 amide bonds. The highest BCUT2D eigenvalue weighted by Gasteiger charge is 2.30. The summed E-state index contributed by atoms with van der Waals surface area (Å²) >= 11 is 0.